The zero-order valence-corrected chi connectivity index (χ0v) is 14.9. The van der Waals surface area contributed by atoms with Gasteiger partial charge in [-0.25, -0.2) is 9.79 Å². The molecular formula is C21H21NO3. The van der Waals surface area contributed by atoms with Crippen molar-refractivity contribution in [3.05, 3.63) is 70.9 Å². The molecule has 0 saturated heterocycles. The van der Waals surface area contributed by atoms with Gasteiger partial charge < -0.3 is 9.47 Å². The first-order chi connectivity index (χ1) is 11.9. The lowest BCUT2D eigenvalue weighted by molar-refractivity contribution is -0.129. The summed E-state index contributed by atoms with van der Waals surface area (Å²) in [5.74, 6) is 0.549. The summed E-state index contributed by atoms with van der Waals surface area (Å²) >= 11 is 0. The number of aliphatic imine (C=N–C) groups is 1. The molecule has 0 aliphatic carbocycles. The highest BCUT2D eigenvalue weighted by atomic mass is 16.6. The lowest BCUT2D eigenvalue weighted by atomic mass is 9.87. The molecule has 0 saturated carbocycles. The van der Waals surface area contributed by atoms with E-state index in [1.165, 1.54) is 5.56 Å². The fourth-order valence-electron chi connectivity index (χ4n) is 2.58. The number of esters is 1. The maximum Gasteiger partial charge on any atom is 0.363 e. The second kappa shape index (κ2) is 6.55. The fourth-order valence-corrected chi connectivity index (χ4v) is 2.58. The van der Waals surface area contributed by atoms with Gasteiger partial charge in [-0.05, 0) is 35.3 Å². The van der Waals surface area contributed by atoms with E-state index in [9.17, 15) is 4.79 Å². The Bertz CT molecular complexity index is 855. The predicted molar refractivity (Wildman–Crippen MR) is 98.7 cm³/mol. The van der Waals surface area contributed by atoms with Crippen LogP contribution in [0.25, 0.3) is 6.08 Å². The molecule has 3 rings (SSSR count). The Kier molecular flexibility index (Phi) is 4.45. The third-order valence-electron chi connectivity index (χ3n) is 4.05. The smallest absolute Gasteiger partial charge is 0.363 e. The Morgan fingerprint density at radius 1 is 1.04 bits per heavy atom. The Labute approximate surface area is 147 Å². The number of ether oxygens (including phenoxy) is 2. The van der Waals surface area contributed by atoms with Crippen LogP contribution in [0.5, 0.6) is 5.75 Å². The monoisotopic (exact) mass is 335 g/mol. The van der Waals surface area contributed by atoms with Crippen molar-refractivity contribution in [1.29, 1.82) is 0 Å². The number of cyclic esters (lactones) is 1. The molecule has 0 fully saturated rings. The average Bonchev–Trinajstić information content (AvgIpc) is 2.95. The van der Waals surface area contributed by atoms with Crippen LogP contribution in [0.15, 0.2) is 59.2 Å². The molecule has 2 aromatic rings. The van der Waals surface area contributed by atoms with Gasteiger partial charge >= 0.3 is 5.97 Å². The summed E-state index contributed by atoms with van der Waals surface area (Å²) in [7, 11) is 1.59. The highest BCUT2D eigenvalue weighted by Gasteiger charge is 2.25. The topological polar surface area (TPSA) is 47.9 Å². The maximum absolute atomic E-state index is 12.1. The van der Waals surface area contributed by atoms with Crippen molar-refractivity contribution in [1.82, 2.24) is 0 Å². The molecule has 2 aromatic carbocycles. The molecule has 4 heteroatoms. The first-order valence-corrected chi connectivity index (χ1v) is 8.15. The van der Waals surface area contributed by atoms with Gasteiger partial charge in [0.25, 0.3) is 0 Å². The molecule has 0 bridgehead atoms. The van der Waals surface area contributed by atoms with Crippen LogP contribution in [0.1, 0.15) is 37.5 Å². The van der Waals surface area contributed by atoms with E-state index in [0.29, 0.717) is 11.6 Å². The molecule has 25 heavy (non-hydrogen) atoms. The minimum atomic E-state index is -0.458. The highest BCUT2D eigenvalue weighted by molar-refractivity contribution is 6.12. The highest BCUT2D eigenvalue weighted by Crippen LogP contribution is 2.26. The molecule has 1 aliphatic heterocycles. The maximum atomic E-state index is 12.1. The average molecular weight is 335 g/mol. The molecule has 128 valence electrons. The van der Waals surface area contributed by atoms with Gasteiger partial charge in [0.2, 0.25) is 5.90 Å². The van der Waals surface area contributed by atoms with Crippen molar-refractivity contribution in [3.63, 3.8) is 0 Å². The lowest BCUT2D eigenvalue weighted by Crippen LogP contribution is -2.11. The van der Waals surface area contributed by atoms with Gasteiger partial charge in [0.05, 0.1) is 7.11 Å². The number of methoxy groups -OCH3 is 1. The van der Waals surface area contributed by atoms with Crippen LogP contribution in [0.4, 0.5) is 0 Å². The molecule has 1 aliphatic rings. The standard InChI is InChI=1S/C21H21NO3/c1-21(2,3)16-11-9-14(10-12-16)19-22-17(20(23)25-19)13-15-7-5-6-8-18(15)24-4/h5-13H,1-4H3/b17-13-. The van der Waals surface area contributed by atoms with Gasteiger partial charge in [0, 0.05) is 11.1 Å². The largest absolute Gasteiger partial charge is 0.496 e. The van der Waals surface area contributed by atoms with Gasteiger partial charge in [-0.15, -0.1) is 0 Å². The van der Waals surface area contributed by atoms with E-state index in [0.717, 1.165) is 11.1 Å². The summed E-state index contributed by atoms with van der Waals surface area (Å²) in [6.07, 6.45) is 1.68. The Hall–Kier alpha value is -2.88. The van der Waals surface area contributed by atoms with Crippen LogP contribution < -0.4 is 4.74 Å². The van der Waals surface area contributed by atoms with Crippen molar-refractivity contribution in [2.45, 2.75) is 26.2 Å². The van der Waals surface area contributed by atoms with Crippen LogP contribution in [-0.4, -0.2) is 19.0 Å². The second-order valence-corrected chi connectivity index (χ2v) is 6.91. The fraction of sp³-hybridized carbons (Fsp3) is 0.238. The number of hydrogen-bond donors (Lipinski definition) is 0. The molecule has 0 aromatic heterocycles. The van der Waals surface area contributed by atoms with Crippen LogP contribution in [0, 0.1) is 0 Å². The Morgan fingerprint density at radius 3 is 2.36 bits per heavy atom. The molecule has 4 nitrogen and oxygen atoms in total. The minimum Gasteiger partial charge on any atom is -0.496 e. The van der Waals surface area contributed by atoms with E-state index in [2.05, 4.69) is 25.8 Å². The molecule has 0 spiro atoms. The van der Waals surface area contributed by atoms with Crippen molar-refractivity contribution in [2.75, 3.05) is 7.11 Å². The zero-order valence-electron chi connectivity index (χ0n) is 14.9. The Balaban J connectivity index is 1.91. The van der Waals surface area contributed by atoms with E-state index in [4.69, 9.17) is 9.47 Å². The lowest BCUT2D eigenvalue weighted by Gasteiger charge is -2.18. The van der Waals surface area contributed by atoms with E-state index < -0.39 is 5.97 Å². The summed E-state index contributed by atoms with van der Waals surface area (Å²) < 4.78 is 10.6. The van der Waals surface area contributed by atoms with E-state index in [1.807, 2.05) is 48.5 Å². The molecular weight excluding hydrogens is 314 g/mol. The molecule has 0 amide bonds. The number of benzene rings is 2. The third-order valence-corrected chi connectivity index (χ3v) is 4.05. The van der Waals surface area contributed by atoms with Crippen LogP contribution in [-0.2, 0) is 14.9 Å². The first kappa shape index (κ1) is 17.0. The molecule has 0 N–H and O–H groups in total. The van der Waals surface area contributed by atoms with Gasteiger partial charge in [-0.2, -0.15) is 0 Å². The zero-order chi connectivity index (χ0) is 18.0. The molecule has 0 unspecified atom stereocenters. The van der Waals surface area contributed by atoms with Crippen molar-refractivity contribution in [2.24, 2.45) is 4.99 Å². The molecule has 0 radical (unpaired) electrons. The SMILES string of the molecule is COc1ccccc1/C=C1\N=C(c2ccc(C(C)(C)C)cc2)OC1=O. The van der Waals surface area contributed by atoms with Crippen molar-refractivity contribution >= 4 is 17.9 Å². The molecule has 0 atom stereocenters. The summed E-state index contributed by atoms with van der Waals surface area (Å²) in [5.41, 5.74) is 3.11. The number of carbonyl (C=O) groups is 1. The number of hydrogen-bond acceptors (Lipinski definition) is 4. The summed E-state index contributed by atoms with van der Waals surface area (Å²) in [6.45, 7) is 6.47. The number of nitrogens with zero attached hydrogens (tertiary/aromatic N) is 1. The first-order valence-electron chi connectivity index (χ1n) is 8.15. The quantitative estimate of drug-likeness (QED) is 0.619. The van der Waals surface area contributed by atoms with Gasteiger partial charge in [0.15, 0.2) is 5.70 Å². The number of carbonyl (C=O) groups excluding carboxylic acids is 1. The minimum absolute atomic E-state index is 0.0710. The van der Waals surface area contributed by atoms with Crippen LogP contribution in [0.3, 0.4) is 0 Å². The predicted octanol–water partition coefficient (Wildman–Crippen LogP) is 4.34. The van der Waals surface area contributed by atoms with Gasteiger partial charge in [-0.1, -0.05) is 51.1 Å². The Morgan fingerprint density at radius 2 is 1.72 bits per heavy atom. The van der Waals surface area contributed by atoms with E-state index in [-0.39, 0.29) is 11.1 Å². The third kappa shape index (κ3) is 3.63. The normalized spacial score (nSPS) is 15.9. The summed E-state index contributed by atoms with van der Waals surface area (Å²) in [5, 5.41) is 0. The second-order valence-electron chi connectivity index (χ2n) is 6.91. The van der Waals surface area contributed by atoms with Gasteiger partial charge in [0.1, 0.15) is 5.75 Å². The van der Waals surface area contributed by atoms with Crippen LogP contribution in [0.2, 0.25) is 0 Å². The van der Waals surface area contributed by atoms with Crippen molar-refractivity contribution in [3.8, 4) is 5.75 Å². The number of rotatable bonds is 3. The van der Waals surface area contributed by atoms with Crippen molar-refractivity contribution < 1.29 is 14.3 Å². The van der Waals surface area contributed by atoms with Gasteiger partial charge in [-0.3, -0.25) is 0 Å². The number of para-hydroxylation sites is 1. The summed E-state index contributed by atoms with van der Waals surface area (Å²) in [6, 6.07) is 15.4. The van der Waals surface area contributed by atoms with E-state index >= 15 is 0 Å². The summed E-state index contributed by atoms with van der Waals surface area (Å²) in [4.78, 5) is 16.5. The van der Waals surface area contributed by atoms with Crippen LogP contribution >= 0.6 is 0 Å². The molecule has 1 heterocycles. The van der Waals surface area contributed by atoms with E-state index in [1.54, 1.807) is 13.2 Å².